The van der Waals surface area contributed by atoms with E-state index in [9.17, 15) is 14.0 Å². The van der Waals surface area contributed by atoms with Crippen LogP contribution in [0.4, 0.5) is 14.9 Å². The topological polar surface area (TPSA) is 93.9 Å². The van der Waals surface area contributed by atoms with E-state index >= 15 is 0 Å². The van der Waals surface area contributed by atoms with Gasteiger partial charge in [-0.05, 0) is 56.7 Å². The predicted octanol–water partition coefficient (Wildman–Crippen LogP) is 3.15. The predicted molar refractivity (Wildman–Crippen MR) is 115 cm³/mol. The molecule has 2 aromatic rings. The van der Waals surface area contributed by atoms with Gasteiger partial charge in [-0.25, -0.2) is 9.18 Å². The average molecular weight is 429 g/mol. The second-order valence-electron chi connectivity index (χ2n) is 8.49. The van der Waals surface area contributed by atoms with Crippen LogP contribution in [0.2, 0.25) is 0 Å². The number of rotatable bonds is 5. The van der Waals surface area contributed by atoms with E-state index in [1.165, 1.54) is 12.1 Å². The smallest absolute Gasteiger partial charge is 0.408 e. The van der Waals surface area contributed by atoms with Crippen molar-refractivity contribution in [3.63, 3.8) is 0 Å². The van der Waals surface area contributed by atoms with E-state index in [1.54, 1.807) is 32.9 Å². The molecule has 166 valence electrons. The van der Waals surface area contributed by atoms with Crippen molar-refractivity contribution in [3.05, 3.63) is 59.4 Å². The van der Waals surface area contributed by atoms with Crippen LogP contribution >= 0.6 is 0 Å². The maximum atomic E-state index is 13.2. The number of alkyl carbamates (subject to hydrolysis) is 1. The zero-order valence-corrected chi connectivity index (χ0v) is 18.0. The highest BCUT2D eigenvalue weighted by Crippen LogP contribution is 2.28. The van der Waals surface area contributed by atoms with Crippen LogP contribution in [0.3, 0.4) is 0 Å². The highest BCUT2D eigenvalue weighted by Gasteiger charge is 2.24. The number of carbonyl (C=O) groups is 2. The maximum absolute atomic E-state index is 13.2. The summed E-state index contributed by atoms with van der Waals surface area (Å²) >= 11 is 0. The number of benzene rings is 2. The zero-order chi connectivity index (χ0) is 22.6. The van der Waals surface area contributed by atoms with Crippen molar-refractivity contribution >= 4 is 17.7 Å². The summed E-state index contributed by atoms with van der Waals surface area (Å²) in [5.74, 6) is -0.212. The third-order valence-electron chi connectivity index (χ3n) is 4.78. The largest absolute Gasteiger partial charge is 0.491 e. The lowest BCUT2D eigenvalue weighted by atomic mass is 10.0. The number of nitrogens with one attached hydrogen (secondary N) is 1. The summed E-state index contributed by atoms with van der Waals surface area (Å²) in [4.78, 5) is 26.0. The second kappa shape index (κ2) is 9.24. The summed E-state index contributed by atoms with van der Waals surface area (Å²) in [5.41, 5.74) is 7.49. The number of nitrogens with zero attached hydrogens (tertiary/aromatic N) is 1. The Kier molecular flexibility index (Phi) is 6.68. The molecule has 0 radical (unpaired) electrons. The van der Waals surface area contributed by atoms with Gasteiger partial charge in [0.2, 0.25) is 5.91 Å². The fraction of sp³-hybridized carbons (Fsp3) is 0.391. The molecule has 1 aliphatic heterocycles. The summed E-state index contributed by atoms with van der Waals surface area (Å²) in [6.07, 6.45) is -0.482. The molecule has 1 heterocycles. The molecule has 0 unspecified atom stereocenters. The van der Waals surface area contributed by atoms with E-state index in [2.05, 4.69) is 10.2 Å². The van der Waals surface area contributed by atoms with Crippen LogP contribution in [0.5, 0.6) is 5.75 Å². The first-order valence-corrected chi connectivity index (χ1v) is 10.1. The summed E-state index contributed by atoms with van der Waals surface area (Å²) < 4.78 is 24.4. The molecule has 3 N–H and O–H groups in total. The van der Waals surface area contributed by atoms with Crippen LogP contribution < -0.4 is 20.7 Å². The molecule has 0 aliphatic carbocycles. The van der Waals surface area contributed by atoms with Gasteiger partial charge >= 0.3 is 6.09 Å². The van der Waals surface area contributed by atoms with E-state index in [4.69, 9.17) is 15.2 Å². The Morgan fingerprint density at radius 3 is 2.58 bits per heavy atom. The monoisotopic (exact) mass is 429 g/mol. The van der Waals surface area contributed by atoms with Crippen LogP contribution in [0.1, 0.15) is 31.9 Å². The van der Waals surface area contributed by atoms with Gasteiger partial charge < -0.3 is 25.4 Å². The van der Waals surface area contributed by atoms with Crippen molar-refractivity contribution in [1.29, 1.82) is 0 Å². The molecule has 1 atom stereocenters. The summed E-state index contributed by atoms with van der Waals surface area (Å²) in [7, 11) is 0. The molecule has 0 fully saturated rings. The third kappa shape index (κ3) is 6.34. The molecule has 7 nitrogen and oxygen atoms in total. The Labute approximate surface area is 181 Å². The molecule has 8 heteroatoms. The fourth-order valence-electron chi connectivity index (χ4n) is 3.32. The van der Waals surface area contributed by atoms with Gasteiger partial charge in [0.25, 0.3) is 0 Å². The molecule has 0 saturated carbocycles. The number of anilines is 1. The summed E-state index contributed by atoms with van der Waals surface area (Å²) in [5, 5.41) is 2.53. The van der Waals surface area contributed by atoms with Crippen molar-refractivity contribution in [1.82, 2.24) is 5.32 Å². The lowest BCUT2D eigenvalue weighted by molar-refractivity contribution is -0.120. The van der Waals surface area contributed by atoms with E-state index in [-0.39, 0.29) is 12.2 Å². The molecule has 31 heavy (non-hydrogen) atoms. The number of ether oxygens (including phenoxy) is 2. The Balaban J connectivity index is 1.71. The minimum Gasteiger partial charge on any atom is -0.491 e. The van der Waals surface area contributed by atoms with Gasteiger partial charge in [0.15, 0.2) is 0 Å². The SMILES string of the molecule is CC(C)(C)OC(=O)N[C@@H](Cc1ccc2c(c1)OCCN(c1ccc(F)cc1)C2)C(N)=O. The lowest BCUT2D eigenvalue weighted by Crippen LogP contribution is -2.47. The first-order chi connectivity index (χ1) is 14.6. The number of fused-ring (bicyclic) bond motifs is 1. The van der Waals surface area contributed by atoms with Crippen molar-refractivity contribution < 1.29 is 23.5 Å². The van der Waals surface area contributed by atoms with E-state index < -0.39 is 23.6 Å². The first kappa shape index (κ1) is 22.4. The molecule has 3 rings (SSSR count). The number of primary amides is 1. The van der Waals surface area contributed by atoms with Crippen molar-refractivity contribution in [2.75, 3.05) is 18.1 Å². The van der Waals surface area contributed by atoms with Crippen LogP contribution in [-0.4, -0.2) is 36.8 Å². The number of nitrogens with two attached hydrogens (primary N) is 1. The van der Waals surface area contributed by atoms with Gasteiger partial charge in [0, 0.05) is 24.2 Å². The third-order valence-corrected chi connectivity index (χ3v) is 4.78. The van der Waals surface area contributed by atoms with E-state index in [0.717, 1.165) is 16.8 Å². The van der Waals surface area contributed by atoms with Gasteiger partial charge in [-0.3, -0.25) is 4.79 Å². The molecule has 0 spiro atoms. The van der Waals surface area contributed by atoms with Crippen LogP contribution in [0.25, 0.3) is 0 Å². The minimum atomic E-state index is -0.908. The molecule has 2 aromatic carbocycles. The quantitative estimate of drug-likeness (QED) is 0.762. The average Bonchev–Trinajstić information content (AvgIpc) is 2.88. The maximum Gasteiger partial charge on any atom is 0.408 e. The molecular weight excluding hydrogens is 401 g/mol. The number of carbonyl (C=O) groups excluding carboxylic acids is 2. The highest BCUT2D eigenvalue weighted by atomic mass is 19.1. The Bertz CT molecular complexity index is 941. The minimum absolute atomic E-state index is 0.215. The number of amides is 2. The lowest BCUT2D eigenvalue weighted by Gasteiger charge is -2.23. The van der Waals surface area contributed by atoms with Crippen LogP contribution in [0, 0.1) is 5.82 Å². The molecule has 0 saturated heterocycles. The number of hydrogen-bond acceptors (Lipinski definition) is 5. The highest BCUT2D eigenvalue weighted by molar-refractivity contribution is 5.84. The zero-order valence-electron chi connectivity index (χ0n) is 18.0. The molecular formula is C23H28FN3O4. The first-order valence-electron chi connectivity index (χ1n) is 10.1. The van der Waals surface area contributed by atoms with E-state index in [1.807, 2.05) is 18.2 Å². The Hall–Kier alpha value is -3.29. The molecule has 1 aliphatic rings. The molecule has 0 bridgehead atoms. The van der Waals surface area contributed by atoms with Crippen molar-refractivity contribution in [2.45, 2.75) is 45.4 Å². The van der Waals surface area contributed by atoms with Gasteiger partial charge in [-0.15, -0.1) is 0 Å². The van der Waals surface area contributed by atoms with E-state index in [0.29, 0.717) is 25.4 Å². The number of halogens is 1. The number of hydrogen-bond donors (Lipinski definition) is 2. The Morgan fingerprint density at radius 1 is 1.23 bits per heavy atom. The Morgan fingerprint density at radius 2 is 1.94 bits per heavy atom. The van der Waals surface area contributed by atoms with Crippen molar-refractivity contribution in [3.8, 4) is 5.75 Å². The standard InChI is InChI=1S/C23H28FN3O4/c1-23(2,3)31-22(29)26-19(21(25)28)12-15-4-5-16-14-27(10-11-30-20(16)13-15)18-8-6-17(24)7-9-18/h4-9,13,19H,10-12,14H2,1-3H3,(H2,25,28)(H,26,29)/t19-/m0/s1. The van der Waals surface area contributed by atoms with Gasteiger partial charge in [-0.1, -0.05) is 12.1 Å². The van der Waals surface area contributed by atoms with Gasteiger partial charge in [-0.2, -0.15) is 0 Å². The van der Waals surface area contributed by atoms with Crippen LogP contribution in [0.15, 0.2) is 42.5 Å². The second-order valence-corrected chi connectivity index (χ2v) is 8.49. The summed E-state index contributed by atoms with van der Waals surface area (Å²) in [6.45, 7) is 6.94. The van der Waals surface area contributed by atoms with Crippen molar-refractivity contribution in [2.24, 2.45) is 5.73 Å². The summed E-state index contributed by atoms with van der Waals surface area (Å²) in [6, 6.07) is 11.1. The molecule has 2 amide bonds. The van der Waals surface area contributed by atoms with Crippen LogP contribution in [-0.2, 0) is 22.5 Å². The van der Waals surface area contributed by atoms with Gasteiger partial charge in [0.05, 0.1) is 6.54 Å². The normalized spacial score (nSPS) is 14.6. The van der Waals surface area contributed by atoms with Gasteiger partial charge in [0.1, 0.15) is 29.8 Å². The fourth-order valence-corrected chi connectivity index (χ4v) is 3.32. The molecule has 0 aromatic heterocycles.